The number of carboxylic acid groups (broad SMARTS) is 1. The smallest absolute Gasteiger partial charge is 0.326 e. The predicted molar refractivity (Wildman–Crippen MR) is 115 cm³/mol. The zero-order chi connectivity index (χ0) is 24.0. The van der Waals surface area contributed by atoms with Crippen LogP contribution in [0, 0.1) is 5.82 Å². The van der Waals surface area contributed by atoms with Gasteiger partial charge in [-0.2, -0.15) is 0 Å². The van der Waals surface area contributed by atoms with Gasteiger partial charge in [0, 0.05) is 5.56 Å². The van der Waals surface area contributed by atoms with E-state index in [0.29, 0.717) is 17.1 Å². The van der Waals surface area contributed by atoms with Crippen molar-refractivity contribution in [3.8, 4) is 22.9 Å². The monoisotopic (exact) mass is 455 g/mol. The standard InChI is InChI=1S/C23H22FN3O6/c1-2-17(23(31)32)27-22(30)19-11-18(20(29)12-28)25-21(26-19)13-3-7-15(8-4-13)33-16-9-5-14(24)6-10-16/h3-11,17,20,28-29H,2,12H2,1H3,(H,27,30)(H,31,32)/t17-,20+/m0/s1. The van der Waals surface area contributed by atoms with Crippen molar-refractivity contribution in [3.05, 3.63) is 71.8 Å². The number of carboxylic acids is 1. The number of ether oxygens (including phenoxy) is 1. The van der Waals surface area contributed by atoms with Crippen LogP contribution in [0.4, 0.5) is 4.39 Å². The van der Waals surface area contributed by atoms with E-state index in [1.807, 2.05) is 0 Å². The van der Waals surface area contributed by atoms with E-state index in [1.165, 1.54) is 30.3 Å². The van der Waals surface area contributed by atoms with Gasteiger partial charge in [-0.15, -0.1) is 0 Å². The molecule has 0 saturated carbocycles. The lowest BCUT2D eigenvalue weighted by Crippen LogP contribution is -2.40. The number of amides is 1. The van der Waals surface area contributed by atoms with Crippen molar-refractivity contribution in [1.82, 2.24) is 15.3 Å². The molecular weight excluding hydrogens is 433 g/mol. The highest BCUT2D eigenvalue weighted by molar-refractivity contribution is 5.95. The Bertz CT molecular complexity index is 1120. The van der Waals surface area contributed by atoms with Gasteiger partial charge in [-0.3, -0.25) is 4.79 Å². The molecule has 1 aromatic heterocycles. The second-order valence-corrected chi connectivity index (χ2v) is 7.05. The number of rotatable bonds is 9. The third-order valence-electron chi connectivity index (χ3n) is 4.67. The SMILES string of the molecule is CC[C@H](NC(=O)c1cc([C@H](O)CO)nc(-c2ccc(Oc3ccc(F)cc3)cc2)n1)C(=O)O. The zero-order valence-electron chi connectivity index (χ0n) is 17.6. The van der Waals surface area contributed by atoms with E-state index in [9.17, 15) is 29.3 Å². The summed E-state index contributed by atoms with van der Waals surface area (Å²) in [5.41, 5.74) is 0.323. The molecular formula is C23H22FN3O6. The van der Waals surface area contributed by atoms with Gasteiger partial charge in [0.25, 0.3) is 5.91 Å². The first kappa shape index (κ1) is 23.8. The minimum absolute atomic E-state index is 0.00246. The van der Waals surface area contributed by atoms with E-state index >= 15 is 0 Å². The van der Waals surface area contributed by atoms with E-state index in [4.69, 9.17) is 4.74 Å². The second kappa shape index (κ2) is 10.6. The minimum Gasteiger partial charge on any atom is -0.480 e. The summed E-state index contributed by atoms with van der Waals surface area (Å²) < 4.78 is 18.7. The van der Waals surface area contributed by atoms with Gasteiger partial charge in [0.15, 0.2) is 5.82 Å². The summed E-state index contributed by atoms with van der Waals surface area (Å²) in [7, 11) is 0. The summed E-state index contributed by atoms with van der Waals surface area (Å²) in [5.74, 6) is -1.34. The Hall–Kier alpha value is -3.89. The molecule has 0 fully saturated rings. The van der Waals surface area contributed by atoms with Crippen molar-refractivity contribution >= 4 is 11.9 Å². The Morgan fingerprint density at radius 1 is 1.06 bits per heavy atom. The molecule has 0 unspecified atom stereocenters. The highest BCUT2D eigenvalue weighted by atomic mass is 19.1. The summed E-state index contributed by atoms with van der Waals surface area (Å²) in [6, 6.07) is 12.1. The Balaban J connectivity index is 1.89. The number of hydrogen-bond acceptors (Lipinski definition) is 7. The van der Waals surface area contributed by atoms with Gasteiger partial charge >= 0.3 is 5.97 Å². The highest BCUT2D eigenvalue weighted by Crippen LogP contribution is 2.25. The summed E-state index contributed by atoms with van der Waals surface area (Å²) in [6.45, 7) is 0.982. The molecule has 172 valence electrons. The molecule has 0 aliphatic heterocycles. The molecule has 0 saturated heterocycles. The predicted octanol–water partition coefficient (Wildman–Crippen LogP) is 2.69. The molecule has 2 atom stereocenters. The molecule has 3 rings (SSSR count). The van der Waals surface area contributed by atoms with Gasteiger partial charge in [0.1, 0.15) is 35.2 Å². The molecule has 4 N–H and O–H groups in total. The Morgan fingerprint density at radius 3 is 2.21 bits per heavy atom. The number of halogens is 1. The fraction of sp³-hybridized carbons (Fsp3) is 0.217. The summed E-state index contributed by atoms with van der Waals surface area (Å²) >= 11 is 0. The maximum absolute atomic E-state index is 13.0. The van der Waals surface area contributed by atoms with Crippen molar-refractivity contribution in [3.63, 3.8) is 0 Å². The first-order valence-electron chi connectivity index (χ1n) is 10.1. The molecule has 2 aromatic carbocycles. The van der Waals surface area contributed by atoms with Gasteiger partial charge in [-0.05, 0) is 61.0 Å². The van der Waals surface area contributed by atoms with Crippen LogP contribution >= 0.6 is 0 Å². The van der Waals surface area contributed by atoms with Gasteiger partial charge in [0.2, 0.25) is 0 Å². The van der Waals surface area contributed by atoms with Gasteiger partial charge in [-0.1, -0.05) is 6.92 Å². The normalized spacial score (nSPS) is 12.6. The van der Waals surface area contributed by atoms with Crippen LogP contribution in [0.2, 0.25) is 0 Å². The Morgan fingerprint density at radius 2 is 1.67 bits per heavy atom. The van der Waals surface area contributed by atoms with Crippen LogP contribution in [0.3, 0.4) is 0 Å². The maximum atomic E-state index is 13.0. The number of aliphatic hydroxyl groups is 2. The lowest BCUT2D eigenvalue weighted by Gasteiger charge is -2.14. The fourth-order valence-electron chi connectivity index (χ4n) is 2.86. The van der Waals surface area contributed by atoms with Gasteiger partial charge < -0.3 is 25.4 Å². The van der Waals surface area contributed by atoms with Crippen LogP contribution in [0.5, 0.6) is 11.5 Å². The highest BCUT2D eigenvalue weighted by Gasteiger charge is 2.22. The number of aliphatic carboxylic acids is 1. The third-order valence-corrected chi connectivity index (χ3v) is 4.67. The number of benzene rings is 2. The summed E-state index contributed by atoms with van der Waals surface area (Å²) in [4.78, 5) is 32.2. The van der Waals surface area contributed by atoms with Crippen molar-refractivity contribution in [1.29, 1.82) is 0 Å². The quantitative estimate of drug-likeness (QED) is 0.386. The molecule has 0 spiro atoms. The maximum Gasteiger partial charge on any atom is 0.326 e. The number of carbonyl (C=O) groups excluding carboxylic acids is 1. The number of aromatic nitrogens is 2. The number of carbonyl (C=O) groups is 2. The Kier molecular flexibility index (Phi) is 7.65. The van der Waals surface area contributed by atoms with Crippen molar-refractivity contribution in [2.45, 2.75) is 25.5 Å². The molecule has 3 aromatic rings. The number of hydrogen-bond donors (Lipinski definition) is 4. The van der Waals surface area contributed by atoms with E-state index in [2.05, 4.69) is 15.3 Å². The largest absolute Gasteiger partial charge is 0.480 e. The molecule has 9 nitrogen and oxygen atoms in total. The number of nitrogens with zero attached hydrogens (tertiary/aromatic N) is 2. The van der Waals surface area contributed by atoms with Crippen LogP contribution in [0.25, 0.3) is 11.4 Å². The van der Waals surface area contributed by atoms with E-state index in [0.717, 1.165) is 0 Å². The molecule has 10 heteroatoms. The lowest BCUT2D eigenvalue weighted by molar-refractivity contribution is -0.139. The van der Waals surface area contributed by atoms with Crippen molar-refractivity contribution in [2.75, 3.05) is 6.61 Å². The van der Waals surface area contributed by atoms with Crippen molar-refractivity contribution < 1.29 is 34.0 Å². The molecule has 1 amide bonds. The molecule has 1 heterocycles. The fourth-order valence-corrected chi connectivity index (χ4v) is 2.86. The van der Waals surface area contributed by atoms with E-state index in [1.54, 1.807) is 31.2 Å². The molecule has 33 heavy (non-hydrogen) atoms. The average molecular weight is 455 g/mol. The second-order valence-electron chi connectivity index (χ2n) is 7.05. The van der Waals surface area contributed by atoms with E-state index in [-0.39, 0.29) is 29.5 Å². The topological polar surface area (TPSA) is 142 Å². The van der Waals surface area contributed by atoms with Gasteiger partial charge in [-0.25, -0.2) is 19.2 Å². The van der Waals surface area contributed by atoms with E-state index < -0.39 is 30.6 Å². The summed E-state index contributed by atoms with van der Waals surface area (Å²) in [5, 5.41) is 30.9. The molecule has 0 aliphatic carbocycles. The number of aliphatic hydroxyl groups excluding tert-OH is 2. The zero-order valence-corrected chi connectivity index (χ0v) is 17.6. The minimum atomic E-state index is -1.36. The van der Waals surface area contributed by atoms with Crippen LogP contribution in [0.1, 0.15) is 35.6 Å². The molecule has 0 bridgehead atoms. The van der Waals surface area contributed by atoms with Crippen LogP contribution in [0.15, 0.2) is 54.6 Å². The van der Waals surface area contributed by atoms with Gasteiger partial charge in [0.05, 0.1) is 12.3 Å². The van der Waals surface area contributed by atoms with Crippen LogP contribution in [-0.2, 0) is 4.79 Å². The lowest BCUT2D eigenvalue weighted by atomic mass is 10.1. The van der Waals surface area contributed by atoms with Crippen LogP contribution in [-0.4, -0.2) is 49.8 Å². The van der Waals surface area contributed by atoms with Crippen molar-refractivity contribution in [2.24, 2.45) is 0 Å². The third kappa shape index (κ3) is 6.09. The number of nitrogens with one attached hydrogen (secondary N) is 1. The Labute approximate surface area is 188 Å². The summed E-state index contributed by atoms with van der Waals surface area (Å²) in [6.07, 6.45) is -1.19. The first-order valence-corrected chi connectivity index (χ1v) is 10.1. The van der Waals surface area contributed by atoms with Crippen LogP contribution < -0.4 is 10.1 Å². The molecule has 0 radical (unpaired) electrons. The average Bonchev–Trinajstić information content (AvgIpc) is 2.83. The molecule has 0 aliphatic rings. The first-order chi connectivity index (χ1) is 15.8.